The molecule has 0 radical (unpaired) electrons. The second-order valence-electron chi connectivity index (χ2n) is 6.60. The highest BCUT2D eigenvalue weighted by molar-refractivity contribution is 5.76. The van der Waals surface area contributed by atoms with Crippen molar-refractivity contribution in [1.29, 1.82) is 0 Å². The maximum atomic E-state index is 13.0. The number of piperazine rings is 1. The zero-order valence-corrected chi connectivity index (χ0v) is 13.6. The summed E-state index contributed by atoms with van der Waals surface area (Å²) in [5, 5.41) is 3.15. The molecule has 5 heteroatoms. The lowest BCUT2D eigenvalue weighted by Crippen LogP contribution is -2.47. The average molecular weight is 319 g/mol. The Bertz CT molecular complexity index is 506. The molecule has 126 valence electrons. The van der Waals surface area contributed by atoms with E-state index in [-0.39, 0.29) is 11.7 Å². The molecule has 1 heterocycles. The van der Waals surface area contributed by atoms with Crippen molar-refractivity contribution < 1.29 is 9.18 Å². The first-order valence-electron chi connectivity index (χ1n) is 8.73. The van der Waals surface area contributed by atoms with E-state index in [2.05, 4.69) is 15.1 Å². The number of hydrogen-bond donors (Lipinski definition) is 1. The summed E-state index contributed by atoms with van der Waals surface area (Å²) in [4.78, 5) is 16.6. The van der Waals surface area contributed by atoms with Crippen molar-refractivity contribution in [2.75, 3.05) is 37.6 Å². The van der Waals surface area contributed by atoms with E-state index in [0.717, 1.165) is 51.3 Å². The number of carbonyl (C=O) groups is 1. The van der Waals surface area contributed by atoms with Gasteiger partial charge in [-0.05, 0) is 37.1 Å². The normalized spacial score (nSPS) is 20.0. The van der Waals surface area contributed by atoms with Gasteiger partial charge in [-0.3, -0.25) is 9.69 Å². The highest BCUT2D eigenvalue weighted by Crippen LogP contribution is 2.18. The lowest BCUT2D eigenvalue weighted by Gasteiger charge is -2.36. The summed E-state index contributed by atoms with van der Waals surface area (Å²) in [6.07, 6.45) is 5.36. The molecule has 1 aliphatic carbocycles. The van der Waals surface area contributed by atoms with E-state index >= 15 is 0 Å². The molecule has 0 unspecified atom stereocenters. The van der Waals surface area contributed by atoms with Crippen LogP contribution >= 0.6 is 0 Å². The number of nitrogens with one attached hydrogen (secondary N) is 1. The molecule has 4 nitrogen and oxygen atoms in total. The van der Waals surface area contributed by atoms with Crippen LogP contribution in [-0.2, 0) is 4.79 Å². The molecule has 1 aromatic carbocycles. The maximum Gasteiger partial charge on any atom is 0.221 e. The topological polar surface area (TPSA) is 35.6 Å². The fourth-order valence-corrected chi connectivity index (χ4v) is 3.51. The molecular formula is C18H26FN3O. The van der Waals surface area contributed by atoms with Crippen molar-refractivity contribution in [3.8, 4) is 0 Å². The quantitative estimate of drug-likeness (QED) is 0.905. The van der Waals surface area contributed by atoms with Gasteiger partial charge in [-0.2, -0.15) is 0 Å². The van der Waals surface area contributed by atoms with Crippen molar-refractivity contribution in [3.63, 3.8) is 0 Å². The SMILES string of the molecule is O=C(CCN1CCN(c2ccc(F)cc2)CC1)NC1CCCC1. The standard InChI is InChI=1S/C18H26FN3O/c19-15-5-7-17(8-6-15)22-13-11-21(12-14-22)10-9-18(23)20-16-3-1-2-4-16/h5-8,16H,1-4,9-14H2,(H,20,23). The van der Waals surface area contributed by atoms with Gasteiger partial charge in [0.25, 0.3) is 0 Å². The van der Waals surface area contributed by atoms with Crippen molar-refractivity contribution in [3.05, 3.63) is 30.1 Å². The summed E-state index contributed by atoms with van der Waals surface area (Å²) >= 11 is 0. The van der Waals surface area contributed by atoms with Crippen molar-refractivity contribution in [1.82, 2.24) is 10.2 Å². The minimum atomic E-state index is -0.194. The first kappa shape index (κ1) is 16.2. The van der Waals surface area contributed by atoms with Gasteiger partial charge in [0.15, 0.2) is 0 Å². The Labute approximate surface area is 137 Å². The van der Waals surface area contributed by atoms with Gasteiger partial charge in [-0.15, -0.1) is 0 Å². The fourth-order valence-electron chi connectivity index (χ4n) is 3.51. The largest absolute Gasteiger partial charge is 0.369 e. The number of anilines is 1. The van der Waals surface area contributed by atoms with Gasteiger partial charge in [-0.25, -0.2) is 4.39 Å². The first-order chi connectivity index (χ1) is 11.2. The molecule has 3 rings (SSSR count). The Morgan fingerprint density at radius 3 is 2.39 bits per heavy atom. The Morgan fingerprint density at radius 2 is 1.74 bits per heavy atom. The zero-order chi connectivity index (χ0) is 16.1. The summed E-state index contributed by atoms with van der Waals surface area (Å²) < 4.78 is 13.0. The number of rotatable bonds is 5. The van der Waals surface area contributed by atoms with E-state index in [1.54, 1.807) is 0 Å². The van der Waals surface area contributed by atoms with Gasteiger partial charge in [0.2, 0.25) is 5.91 Å². The van der Waals surface area contributed by atoms with Gasteiger partial charge >= 0.3 is 0 Å². The molecule has 0 bridgehead atoms. The van der Waals surface area contributed by atoms with Gasteiger partial charge in [-0.1, -0.05) is 12.8 Å². The van der Waals surface area contributed by atoms with Gasteiger partial charge in [0, 0.05) is 50.9 Å². The molecule has 23 heavy (non-hydrogen) atoms. The number of halogens is 1. The van der Waals surface area contributed by atoms with Crippen LogP contribution in [0, 0.1) is 5.82 Å². The van der Waals surface area contributed by atoms with Gasteiger partial charge in [0.1, 0.15) is 5.82 Å². The number of hydrogen-bond acceptors (Lipinski definition) is 3. The summed E-state index contributed by atoms with van der Waals surface area (Å²) in [5.74, 6) is -0.00137. The predicted molar refractivity (Wildman–Crippen MR) is 90.1 cm³/mol. The Balaban J connectivity index is 1.37. The van der Waals surface area contributed by atoms with Crippen LogP contribution in [0.1, 0.15) is 32.1 Å². The zero-order valence-electron chi connectivity index (χ0n) is 13.6. The summed E-state index contributed by atoms with van der Waals surface area (Å²) in [5.41, 5.74) is 1.07. The number of carbonyl (C=O) groups excluding carboxylic acids is 1. The smallest absolute Gasteiger partial charge is 0.221 e. The first-order valence-corrected chi connectivity index (χ1v) is 8.73. The van der Waals surface area contributed by atoms with Crippen LogP contribution in [0.2, 0.25) is 0 Å². The fraction of sp³-hybridized carbons (Fsp3) is 0.611. The van der Waals surface area contributed by atoms with Crippen LogP contribution < -0.4 is 10.2 Å². The van der Waals surface area contributed by atoms with E-state index < -0.39 is 0 Å². The number of amides is 1. The van der Waals surface area contributed by atoms with Crippen LogP contribution in [0.25, 0.3) is 0 Å². The van der Waals surface area contributed by atoms with E-state index in [0.29, 0.717) is 12.5 Å². The summed E-state index contributed by atoms with van der Waals surface area (Å²) in [7, 11) is 0. The van der Waals surface area contributed by atoms with Crippen LogP contribution in [0.15, 0.2) is 24.3 Å². The van der Waals surface area contributed by atoms with E-state index in [1.807, 2.05) is 12.1 Å². The van der Waals surface area contributed by atoms with Crippen LogP contribution in [0.3, 0.4) is 0 Å². The predicted octanol–water partition coefficient (Wildman–Crippen LogP) is 2.40. The van der Waals surface area contributed by atoms with Crippen LogP contribution in [0.4, 0.5) is 10.1 Å². The third-order valence-corrected chi connectivity index (χ3v) is 4.94. The lowest BCUT2D eigenvalue weighted by atomic mass is 10.2. The second kappa shape index (κ2) is 7.77. The summed E-state index contributed by atoms with van der Waals surface area (Å²) in [6.45, 7) is 4.59. The Hall–Kier alpha value is -1.62. The van der Waals surface area contributed by atoms with Crippen LogP contribution in [0.5, 0.6) is 0 Å². The lowest BCUT2D eigenvalue weighted by molar-refractivity contribution is -0.122. The van der Waals surface area contributed by atoms with Gasteiger partial charge < -0.3 is 10.2 Å². The van der Waals surface area contributed by atoms with Crippen molar-refractivity contribution in [2.24, 2.45) is 0 Å². The maximum absolute atomic E-state index is 13.0. The van der Waals surface area contributed by atoms with Crippen molar-refractivity contribution >= 4 is 11.6 Å². The third kappa shape index (κ3) is 4.67. The molecule has 1 N–H and O–H groups in total. The molecule has 1 saturated heterocycles. The number of benzene rings is 1. The minimum absolute atomic E-state index is 0.192. The van der Waals surface area contributed by atoms with Crippen molar-refractivity contribution in [2.45, 2.75) is 38.1 Å². The monoisotopic (exact) mass is 319 g/mol. The van der Waals surface area contributed by atoms with E-state index in [1.165, 1.54) is 25.0 Å². The third-order valence-electron chi connectivity index (χ3n) is 4.94. The van der Waals surface area contributed by atoms with E-state index in [4.69, 9.17) is 0 Å². The molecule has 2 fully saturated rings. The summed E-state index contributed by atoms with van der Waals surface area (Å²) in [6, 6.07) is 7.10. The molecule has 0 atom stereocenters. The molecule has 1 saturated carbocycles. The molecule has 1 amide bonds. The molecule has 0 aromatic heterocycles. The average Bonchev–Trinajstić information content (AvgIpc) is 3.07. The highest BCUT2D eigenvalue weighted by Gasteiger charge is 2.20. The van der Waals surface area contributed by atoms with Gasteiger partial charge in [0.05, 0.1) is 0 Å². The molecule has 2 aliphatic rings. The molecule has 1 aromatic rings. The highest BCUT2D eigenvalue weighted by atomic mass is 19.1. The minimum Gasteiger partial charge on any atom is -0.369 e. The number of nitrogens with zero attached hydrogens (tertiary/aromatic N) is 2. The molecular weight excluding hydrogens is 293 g/mol. The Kier molecular flexibility index (Phi) is 5.49. The van der Waals surface area contributed by atoms with E-state index in [9.17, 15) is 9.18 Å². The second-order valence-corrected chi connectivity index (χ2v) is 6.60. The van der Waals surface area contributed by atoms with Crippen LogP contribution in [-0.4, -0.2) is 49.6 Å². The molecule has 0 spiro atoms. The molecule has 1 aliphatic heterocycles. The Morgan fingerprint density at radius 1 is 1.09 bits per heavy atom.